The van der Waals surface area contributed by atoms with E-state index in [9.17, 15) is 9.90 Å². The summed E-state index contributed by atoms with van der Waals surface area (Å²) in [5.74, 6) is 0.533. The number of allylic oxidation sites excluding steroid dienone is 3. The van der Waals surface area contributed by atoms with Gasteiger partial charge < -0.3 is 10.0 Å². The first kappa shape index (κ1) is 20.4. The SMILES string of the molecule is CC1(O)CCc2ccc(C(=O)N3CCC4=CCCC=C4C[C@H](C(C)(C)C)C3)cc21. The maximum absolute atomic E-state index is 13.5. The molecule has 1 aromatic carbocycles. The summed E-state index contributed by atoms with van der Waals surface area (Å²) in [5, 5.41) is 10.7. The van der Waals surface area contributed by atoms with Gasteiger partial charge in [-0.2, -0.15) is 0 Å². The summed E-state index contributed by atoms with van der Waals surface area (Å²) in [5.41, 5.74) is 5.10. The van der Waals surface area contributed by atoms with Crippen molar-refractivity contribution in [3.05, 3.63) is 58.2 Å². The van der Waals surface area contributed by atoms with E-state index in [2.05, 4.69) is 37.8 Å². The Hall–Kier alpha value is -1.87. The van der Waals surface area contributed by atoms with Crippen molar-refractivity contribution in [3.63, 3.8) is 0 Å². The third-order valence-corrected chi connectivity index (χ3v) is 7.25. The van der Waals surface area contributed by atoms with E-state index in [-0.39, 0.29) is 11.3 Å². The number of amides is 1. The van der Waals surface area contributed by atoms with Gasteiger partial charge in [0.1, 0.15) is 0 Å². The number of fused-ring (bicyclic) bond motifs is 2. The van der Waals surface area contributed by atoms with Gasteiger partial charge in [-0.25, -0.2) is 0 Å². The van der Waals surface area contributed by atoms with Crippen molar-refractivity contribution in [2.24, 2.45) is 11.3 Å². The highest BCUT2D eigenvalue weighted by Gasteiger charge is 2.35. The molecule has 0 spiro atoms. The van der Waals surface area contributed by atoms with Crippen LogP contribution in [0.25, 0.3) is 0 Å². The summed E-state index contributed by atoms with van der Waals surface area (Å²) in [7, 11) is 0. The minimum absolute atomic E-state index is 0.105. The second-order valence-electron chi connectivity index (χ2n) is 10.5. The van der Waals surface area contributed by atoms with Gasteiger partial charge in [0.2, 0.25) is 0 Å². The molecule has 1 heterocycles. The molecule has 1 saturated heterocycles. The molecule has 0 radical (unpaired) electrons. The van der Waals surface area contributed by atoms with Gasteiger partial charge in [0.05, 0.1) is 5.60 Å². The van der Waals surface area contributed by atoms with E-state index < -0.39 is 5.60 Å². The molecule has 3 nitrogen and oxygen atoms in total. The quantitative estimate of drug-likeness (QED) is 0.695. The van der Waals surface area contributed by atoms with Gasteiger partial charge in [0.25, 0.3) is 5.91 Å². The molecule has 1 unspecified atom stereocenters. The van der Waals surface area contributed by atoms with E-state index >= 15 is 0 Å². The zero-order chi connectivity index (χ0) is 20.8. The molecule has 3 aliphatic rings. The molecule has 0 bridgehead atoms. The molecule has 4 rings (SSSR count). The lowest BCUT2D eigenvalue weighted by Crippen LogP contribution is -2.41. The summed E-state index contributed by atoms with van der Waals surface area (Å²) < 4.78 is 0. The molecular weight excluding hydrogens is 358 g/mol. The van der Waals surface area contributed by atoms with Gasteiger partial charge in [-0.3, -0.25) is 4.79 Å². The highest BCUT2D eigenvalue weighted by molar-refractivity contribution is 5.94. The average Bonchev–Trinajstić information content (AvgIpc) is 2.95. The van der Waals surface area contributed by atoms with Crippen LogP contribution < -0.4 is 0 Å². The van der Waals surface area contributed by atoms with E-state index in [1.165, 1.54) is 16.7 Å². The maximum Gasteiger partial charge on any atom is 0.253 e. The molecule has 1 aromatic rings. The molecule has 1 amide bonds. The van der Waals surface area contributed by atoms with Crippen molar-refractivity contribution in [2.75, 3.05) is 13.1 Å². The first-order chi connectivity index (χ1) is 13.6. The fourth-order valence-electron chi connectivity index (χ4n) is 5.09. The summed E-state index contributed by atoms with van der Waals surface area (Å²) in [4.78, 5) is 15.6. The van der Waals surface area contributed by atoms with E-state index in [1.54, 1.807) is 0 Å². The van der Waals surface area contributed by atoms with E-state index in [0.29, 0.717) is 11.5 Å². The number of rotatable bonds is 1. The number of aryl methyl sites for hydroxylation is 1. The lowest BCUT2D eigenvalue weighted by atomic mass is 9.74. The molecule has 1 fully saturated rings. The number of hydrogen-bond donors (Lipinski definition) is 1. The molecule has 0 saturated carbocycles. The smallest absolute Gasteiger partial charge is 0.253 e. The Kier molecular flexibility index (Phi) is 5.23. The van der Waals surface area contributed by atoms with Crippen molar-refractivity contribution in [2.45, 2.75) is 71.8 Å². The molecule has 1 N–H and O–H groups in total. The lowest BCUT2D eigenvalue weighted by molar-refractivity contribution is 0.0591. The number of likely N-dealkylation sites (tertiary alicyclic amines) is 1. The van der Waals surface area contributed by atoms with Crippen LogP contribution in [0.1, 0.15) is 81.3 Å². The lowest BCUT2D eigenvalue weighted by Gasteiger charge is -2.39. The van der Waals surface area contributed by atoms with E-state index in [4.69, 9.17) is 0 Å². The van der Waals surface area contributed by atoms with Crippen LogP contribution in [0.2, 0.25) is 0 Å². The zero-order valence-electron chi connectivity index (χ0n) is 18.4. The fraction of sp³-hybridized carbons (Fsp3) is 0.577. The van der Waals surface area contributed by atoms with Gasteiger partial charge in [-0.05, 0) is 91.2 Å². The van der Waals surface area contributed by atoms with Crippen LogP contribution in [-0.2, 0) is 12.0 Å². The van der Waals surface area contributed by atoms with Crippen molar-refractivity contribution in [1.82, 2.24) is 4.90 Å². The van der Waals surface area contributed by atoms with Gasteiger partial charge in [0, 0.05) is 18.7 Å². The minimum atomic E-state index is -0.817. The van der Waals surface area contributed by atoms with Crippen LogP contribution in [0.4, 0.5) is 0 Å². The summed E-state index contributed by atoms with van der Waals surface area (Å²) in [6.45, 7) is 10.3. The Morgan fingerprint density at radius 3 is 2.59 bits per heavy atom. The fourth-order valence-corrected chi connectivity index (χ4v) is 5.09. The first-order valence-corrected chi connectivity index (χ1v) is 11.2. The molecule has 156 valence electrons. The number of aliphatic hydroxyl groups is 1. The molecule has 0 aromatic heterocycles. The van der Waals surface area contributed by atoms with Gasteiger partial charge >= 0.3 is 0 Å². The van der Waals surface area contributed by atoms with Gasteiger partial charge in [-0.15, -0.1) is 0 Å². The monoisotopic (exact) mass is 393 g/mol. The molecule has 1 aliphatic heterocycles. The van der Waals surface area contributed by atoms with Crippen LogP contribution in [0.3, 0.4) is 0 Å². The predicted octanol–water partition coefficient (Wildman–Crippen LogP) is 5.39. The Bertz CT molecular complexity index is 869. The second-order valence-corrected chi connectivity index (χ2v) is 10.5. The normalized spacial score (nSPS) is 27.3. The molecule has 3 heteroatoms. The number of hydrogen-bond acceptors (Lipinski definition) is 2. The Morgan fingerprint density at radius 1 is 1.14 bits per heavy atom. The standard InChI is InChI=1S/C26H35NO2/c1-25(2,3)22-15-20-8-6-5-7-18(20)12-14-27(17-22)24(28)21-10-9-19-11-13-26(4,29)23(19)16-21/h7-10,16,22,29H,5-6,11-15,17H2,1-4H3/t22-,26?/m0/s1. The Morgan fingerprint density at radius 2 is 1.86 bits per heavy atom. The van der Waals surface area contributed by atoms with E-state index in [1.807, 2.05) is 25.1 Å². The summed E-state index contributed by atoms with van der Waals surface area (Å²) in [6.07, 6.45) is 10.7. The largest absolute Gasteiger partial charge is 0.385 e. The van der Waals surface area contributed by atoms with E-state index in [0.717, 1.165) is 57.2 Å². The number of nitrogens with zero attached hydrogens (tertiary/aromatic N) is 1. The van der Waals surface area contributed by atoms with Crippen LogP contribution in [0.5, 0.6) is 0 Å². The van der Waals surface area contributed by atoms with Crippen molar-refractivity contribution < 1.29 is 9.90 Å². The number of benzene rings is 1. The maximum atomic E-state index is 13.5. The van der Waals surface area contributed by atoms with Crippen LogP contribution >= 0.6 is 0 Å². The highest BCUT2D eigenvalue weighted by atomic mass is 16.3. The van der Waals surface area contributed by atoms with Gasteiger partial charge in [0.15, 0.2) is 0 Å². The van der Waals surface area contributed by atoms with Crippen LogP contribution in [0, 0.1) is 11.3 Å². The van der Waals surface area contributed by atoms with Gasteiger partial charge in [-0.1, -0.05) is 39.0 Å². The first-order valence-electron chi connectivity index (χ1n) is 11.2. The number of carbonyl (C=O) groups excluding carboxylic acids is 1. The van der Waals surface area contributed by atoms with Crippen molar-refractivity contribution in [1.29, 1.82) is 0 Å². The average molecular weight is 394 g/mol. The second kappa shape index (κ2) is 7.43. The van der Waals surface area contributed by atoms with Crippen LogP contribution in [0.15, 0.2) is 41.5 Å². The zero-order valence-corrected chi connectivity index (χ0v) is 18.4. The summed E-state index contributed by atoms with van der Waals surface area (Å²) in [6, 6.07) is 5.94. The number of carbonyl (C=O) groups is 1. The molecular formula is C26H35NO2. The predicted molar refractivity (Wildman–Crippen MR) is 118 cm³/mol. The summed E-state index contributed by atoms with van der Waals surface area (Å²) >= 11 is 0. The molecule has 2 aliphatic carbocycles. The molecule has 2 atom stereocenters. The molecule has 29 heavy (non-hydrogen) atoms. The van der Waals surface area contributed by atoms with Crippen LogP contribution in [-0.4, -0.2) is 29.0 Å². The van der Waals surface area contributed by atoms with Crippen molar-refractivity contribution in [3.8, 4) is 0 Å². The Balaban J connectivity index is 1.62. The third kappa shape index (κ3) is 4.07. The highest BCUT2D eigenvalue weighted by Crippen LogP contribution is 2.39. The third-order valence-electron chi connectivity index (χ3n) is 7.25. The van der Waals surface area contributed by atoms with Crippen molar-refractivity contribution >= 4 is 5.91 Å². The Labute approximate surface area is 175 Å². The topological polar surface area (TPSA) is 40.5 Å². The minimum Gasteiger partial charge on any atom is -0.385 e.